The zero-order valence-electron chi connectivity index (χ0n) is 35.1. The number of carbonyl (C=O) groups is 5. The Kier molecular flexibility index (Phi) is 20.8. The molecule has 2 aromatic carbocycles. The molecule has 7 N–H and O–H groups in total. The van der Waals surface area contributed by atoms with Gasteiger partial charge in [-0.05, 0) is 38.1 Å². The van der Waals surface area contributed by atoms with Gasteiger partial charge < -0.3 is 43.7 Å². The number of esters is 2. The van der Waals surface area contributed by atoms with Gasteiger partial charge in [0.15, 0.2) is 16.3 Å². The van der Waals surface area contributed by atoms with Crippen molar-refractivity contribution in [1.82, 2.24) is 29.8 Å². The number of carbonyl (C=O) groups excluding carboxylic acids is 3. The first-order valence-electron chi connectivity index (χ1n) is 17.9. The first kappa shape index (κ1) is 57.2. The van der Waals surface area contributed by atoms with Crippen molar-refractivity contribution in [2.24, 2.45) is 7.05 Å². The summed E-state index contributed by atoms with van der Waals surface area (Å²) in [6.07, 6.45) is -6.54. The van der Waals surface area contributed by atoms with Gasteiger partial charge in [0.2, 0.25) is 17.7 Å². The molecule has 1 unspecified atom stereocenters. The molecule has 34 heteroatoms. The van der Waals surface area contributed by atoms with E-state index in [0.717, 1.165) is 37.4 Å². The van der Waals surface area contributed by atoms with Crippen molar-refractivity contribution >= 4 is 82.4 Å². The number of benzene rings is 2. The number of methoxy groups -OCH3 is 2. The van der Waals surface area contributed by atoms with E-state index in [1.54, 1.807) is 11.6 Å². The maximum Gasteiger partial charge on any atom is 0.416 e. The number of aryl methyl sites for hydroxylation is 1. The van der Waals surface area contributed by atoms with E-state index < -0.39 is 110 Å². The number of urea groups is 1. The summed E-state index contributed by atoms with van der Waals surface area (Å²) in [5.74, 6) is -5.36. The monoisotopic (exact) mass is 1050 g/mol. The third kappa shape index (κ3) is 17.7. The number of carboxylic acid groups (broad SMARTS) is 2. The molecule has 0 radical (unpaired) electrons. The largest absolute Gasteiger partial charge is 0.481 e. The van der Waals surface area contributed by atoms with Crippen molar-refractivity contribution in [3.63, 3.8) is 0 Å². The van der Waals surface area contributed by atoms with Gasteiger partial charge in [-0.2, -0.15) is 36.7 Å². The van der Waals surface area contributed by atoms with Crippen LogP contribution in [-0.4, -0.2) is 123 Å². The van der Waals surface area contributed by atoms with Crippen LogP contribution < -0.4 is 29.6 Å². The summed E-state index contributed by atoms with van der Waals surface area (Å²) in [5, 5.41) is 34.3. The number of nitro benzene ring substituents is 1. The molecule has 0 spiro atoms. The quantitative estimate of drug-likeness (QED) is 0.0339. The fourth-order valence-electron chi connectivity index (χ4n) is 4.56. The lowest BCUT2D eigenvalue weighted by atomic mass is 10.1. The second-order valence-corrected chi connectivity index (χ2v) is 16.4. The number of nitrogens with zero attached hydrogens (tertiary/aromatic N) is 5. The van der Waals surface area contributed by atoms with E-state index in [4.69, 9.17) is 66.9 Å². The van der Waals surface area contributed by atoms with Crippen LogP contribution >= 0.6 is 30.8 Å². The number of rotatable bonds is 17. The SMILES string of the molecule is CCOC(=O)C(C)OC(=O)c1cc(Oc2ccc(C(F)(F)F)cc2Cl)ccc1[N+](=O)[O-].COc1cc(OC)nc(NC(=O)NS(=O)(=O)c2c(C(=O)O)c(Cl)nn2C)n1.O=C(O)CNCP(=O)(O)O. The minimum atomic E-state index is -4.64. The zero-order chi connectivity index (χ0) is 51.9. The summed E-state index contributed by atoms with van der Waals surface area (Å²) in [4.78, 5) is 91.4. The molecular formula is C34H36Cl2F3N8O19PS. The Morgan fingerprint density at radius 3 is 2.09 bits per heavy atom. The maximum absolute atomic E-state index is 12.8. The molecule has 68 heavy (non-hydrogen) atoms. The highest BCUT2D eigenvalue weighted by Crippen LogP contribution is 2.37. The van der Waals surface area contributed by atoms with Crippen LogP contribution in [-0.2, 0) is 46.9 Å². The molecule has 0 saturated heterocycles. The summed E-state index contributed by atoms with van der Waals surface area (Å²) in [5.41, 5.74) is -2.95. The Morgan fingerprint density at radius 1 is 1.00 bits per heavy atom. The lowest BCUT2D eigenvalue weighted by molar-refractivity contribution is -0.385. The van der Waals surface area contributed by atoms with Crippen LogP contribution in [0.2, 0.25) is 10.2 Å². The van der Waals surface area contributed by atoms with E-state index in [0.29, 0.717) is 10.7 Å². The van der Waals surface area contributed by atoms with Gasteiger partial charge in [0.1, 0.15) is 22.6 Å². The number of carboxylic acids is 2. The third-order valence-corrected chi connectivity index (χ3v) is 9.97. The molecule has 2 aromatic heterocycles. The number of sulfonamides is 1. The van der Waals surface area contributed by atoms with Gasteiger partial charge in [0.05, 0.1) is 55.2 Å². The number of hydrogen-bond donors (Lipinski definition) is 7. The lowest BCUT2D eigenvalue weighted by Gasteiger charge is -2.13. The molecule has 372 valence electrons. The Labute approximate surface area is 389 Å². The Hall–Kier alpha value is -6.89. The smallest absolute Gasteiger partial charge is 0.416 e. The fraction of sp³-hybridized carbons (Fsp3) is 0.294. The number of halogens is 5. The van der Waals surface area contributed by atoms with Gasteiger partial charge in [-0.15, -0.1) is 0 Å². The normalized spacial score (nSPS) is 11.5. The molecule has 0 aliphatic carbocycles. The number of ether oxygens (including phenoxy) is 5. The molecule has 0 saturated carbocycles. The molecule has 0 bridgehead atoms. The molecule has 27 nitrogen and oxygen atoms in total. The summed E-state index contributed by atoms with van der Waals surface area (Å²) < 4.78 is 100. The van der Waals surface area contributed by atoms with E-state index in [2.05, 4.69) is 25.7 Å². The second kappa shape index (κ2) is 24.8. The highest BCUT2D eigenvalue weighted by molar-refractivity contribution is 7.90. The number of amides is 2. The molecule has 0 aliphatic heterocycles. The van der Waals surface area contributed by atoms with Crippen molar-refractivity contribution < 1.29 is 98.7 Å². The molecule has 0 fully saturated rings. The number of aliphatic carboxylic acids is 1. The van der Waals surface area contributed by atoms with Crippen LogP contribution in [0.5, 0.6) is 23.3 Å². The topological polar surface area (TPSA) is 386 Å². The number of alkyl halides is 3. The Bertz CT molecular complexity index is 2670. The van der Waals surface area contributed by atoms with Gasteiger partial charge in [-0.3, -0.25) is 34.8 Å². The highest BCUT2D eigenvalue weighted by Gasteiger charge is 2.33. The second-order valence-electron chi connectivity index (χ2n) is 12.4. The number of aromatic nitrogens is 4. The number of hydrogen-bond acceptors (Lipinski definition) is 19. The molecular weight excluding hydrogens is 1020 g/mol. The van der Waals surface area contributed by atoms with Crippen LogP contribution in [0.3, 0.4) is 0 Å². The predicted octanol–water partition coefficient (Wildman–Crippen LogP) is 4.05. The van der Waals surface area contributed by atoms with Crippen molar-refractivity contribution in [3.8, 4) is 23.3 Å². The lowest BCUT2D eigenvalue weighted by Crippen LogP contribution is -2.36. The third-order valence-electron chi connectivity index (χ3n) is 7.34. The number of nitrogens with one attached hydrogen (secondary N) is 3. The number of anilines is 1. The number of aromatic carboxylic acids is 1. The van der Waals surface area contributed by atoms with Crippen LogP contribution in [0.15, 0.2) is 47.5 Å². The van der Waals surface area contributed by atoms with Gasteiger partial charge >= 0.3 is 43.7 Å². The Balaban J connectivity index is 0.000000392. The van der Waals surface area contributed by atoms with Gasteiger partial charge in [0.25, 0.3) is 15.7 Å². The average molecular weight is 1050 g/mol. The first-order chi connectivity index (χ1) is 31.4. The van der Waals surface area contributed by atoms with Gasteiger partial charge in [0, 0.05) is 19.2 Å². The van der Waals surface area contributed by atoms with Gasteiger partial charge in [-0.25, -0.2) is 23.9 Å². The molecule has 1 atom stereocenters. The maximum atomic E-state index is 12.8. The van der Waals surface area contributed by atoms with Crippen LogP contribution in [0.4, 0.5) is 29.6 Å². The summed E-state index contributed by atoms with van der Waals surface area (Å²) in [6.45, 7) is 2.37. The van der Waals surface area contributed by atoms with Crippen LogP contribution in [0.1, 0.15) is 40.1 Å². The van der Waals surface area contributed by atoms with E-state index in [-0.39, 0.29) is 40.8 Å². The fourth-order valence-corrected chi connectivity index (χ4v) is 6.76. The predicted molar refractivity (Wildman–Crippen MR) is 223 cm³/mol. The molecule has 0 aliphatic rings. The van der Waals surface area contributed by atoms with E-state index >= 15 is 0 Å². The first-order valence-corrected chi connectivity index (χ1v) is 21.9. The molecule has 2 amide bonds. The standard InChI is InChI=1S/C19H15ClF3NO7.C12H13ClN6O7S.C3H8NO5P/c1-3-29-17(25)10(2)30-18(26)13-9-12(5-6-15(13)24(27)28)31-16-7-4-11(8-14(16)20)19(21,22)23;1-19-9(7(10(20)21)8(13)17-19)27(23,24)18-12(22)16-11-14-5(25-2)4-6(15-11)26-3;5-3(6)1-4-2-10(7,8)9/h4-10H,3H2,1-2H3;4H,1-3H3,(H,20,21)(H2,14,15,16,18,22);4H,1-2H2,(H,5,6)(H2,7,8,9). The summed E-state index contributed by atoms with van der Waals surface area (Å²) >= 11 is 11.5. The van der Waals surface area contributed by atoms with Gasteiger partial charge in [-0.1, -0.05) is 23.2 Å². The van der Waals surface area contributed by atoms with Crippen LogP contribution in [0.25, 0.3) is 0 Å². The van der Waals surface area contributed by atoms with Crippen molar-refractivity contribution in [1.29, 1.82) is 0 Å². The summed E-state index contributed by atoms with van der Waals surface area (Å²) in [6, 6.07) is 5.44. The molecule has 2 heterocycles. The van der Waals surface area contributed by atoms with Crippen molar-refractivity contribution in [2.75, 3.05) is 39.0 Å². The van der Waals surface area contributed by atoms with Crippen LogP contribution in [0, 0.1) is 10.1 Å². The average Bonchev–Trinajstić information content (AvgIpc) is 3.54. The van der Waals surface area contributed by atoms with Crippen molar-refractivity contribution in [2.45, 2.75) is 31.2 Å². The molecule has 4 rings (SSSR count). The highest BCUT2D eigenvalue weighted by atomic mass is 35.5. The Morgan fingerprint density at radius 2 is 1.60 bits per heavy atom. The number of nitro groups is 1. The van der Waals surface area contributed by atoms with E-state index in [1.165, 1.54) is 27.2 Å². The summed E-state index contributed by atoms with van der Waals surface area (Å²) in [7, 11) is -4.95. The van der Waals surface area contributed by atoms with E-state index in [9.17, 15) is 60.2 Å². The minimum Gasteiger partial charge on any atom is -0.481 e. The van der Waals surface area contributed by atoms with E-state index in [1.807, 2.05) is 0 Å². The molecule has 4 aromatic rings. The minimum absolute atomic E-state index is 0.0398. The van der Waals surface area contributed by atoms with Crippen molar-refractivity contribution in [3.05, 3.63) is 79.4 Å². The zero-order valence-corrected chi connectivity index (χ0v) is 38.4.